The number of rotatable bonds is 7. The van der Waals surface area contributed by atoms with Crippen molar-refractivity contribution in [2.45, 2.75) is 58.3 Å². The molecule has 0 amide bonds. The van der Waals surface area contributed by atoms with Crippen LogP contribution in [0.5, 0.6) is 0 Å². The Hall–Kier alpha value is -0.790. The van der Waals surface area contributed by atoms with Gasteiger partial charge in [0.2, 0.25) is 0 Å². The zero-order chi connectivity index (χ0) is 11.8. The Morgan fingerprint density at radius 2 is 2.25 bits per heavy atom. The van der Waals surface area contributed by atoms with Crippen LogP contribution < -0.4 is 0 Å². The van der Waals surface area contributed by atoms with Gasteiger partial charge in [0.25, 0.3) is 0 Å². The lowest BCUT2D eigenvalue weighted by atomic mass is 9.93. The monoisotopic (exact) mass is 224 g/mol. The average Bonchev–Trinajstić information content (AvgIpc) is 2.72. The van der Waals surface area contributed by atoms with Gasteiger partial charge in [-0.1, -0.05) is 37.8 Å². The Morgan fingerprint density at radius 1 is 1.44 bits per heavy atom. The molecule has 0 bridgehead atoms. The highest BCUT2D eigenvalue weighted by molar-refractivity contribution is 5.70. The topological polar surface area (TPSA) is 26.3 Å². The summed E-state index contributed by atoms with van der Waals surface area (Å²) >= 11 is 0. The van der Waals surface area contributed by atoms with Crippen LogP contribution in [0.15, 0.2) is 11.6 Å². The molecule has 1 aliphatic carbocycles. The van der Waals surface area contributed by atoms with E-state index in [0.717, 1.165) is 12.8 Å². The third kappa shape index (κ3) is 4.38. The average molecular weight is 224 g/mol. The molecule has 1 rings (SSSR count). The van der Waals surface area contributed by atoms with Crippen LogP contribution in [0.3, 0.4) is 0 Å². The van der Waals surface area contributed by atoms with Crippen molar-refractivity contribution in [3.63, 3.8) is 0 Å². The highest BCUT2D eigenvalue weighted by Gasteiger charge is 2.21. The summed E-state index contributed by atoms with van der Waals surface area (Å²) in [5.41, 5.74) is 1.50. The molecule has 0 aromatic rings. The smallest absolute Gasteiger partial charge is 0.306 e. The summed E-state index contributed by atoms with van der Waals surface area (Å²) in [7, 11) is 1.47. The van der Waals surface area contributed by atoms with E-state index in [-0.39, 0.29) is 5.97 Å². The summed E-state index contributed by atoms with van der Waals surface area (Å²) in [6.07, 6.45) is 11.6. The molecule has 0 spiro atoms. The Kier molecular flexibility index (Phi) is 6.20. The Labute approximate surface area is 99.1 Å². The number of hydrogen-bond acceptors (Lipinski definition) is 2. The van der Waals surface area contributed by atoms with Crippen LogP contribution in [0.25, 0.3) is 0 Å². The Balaban J connectivity index is 2.26. The Morgan fingerprint density at radius 3 is 2.94 bits per heavy atom. The lowest BCUT2D eigenvalue weighted by Crippen LogP contribution is -2.09. The first-order chi connectivity index (χ1) is 7.77. The minimum absolute atomic E-state index is 0.0636. The third-order valence-corrected chi connectivity index (χ3v) is 3.41. The predicted molar refractivity (Wildman–Crippen MR) is 66.2 cm³/mol. The number of ether oxygens (including phenoxy) is 1. The van der Waals surface area contributed by atoms with Gasteiger partial charge in [-0.25, -0.2) is 0 Å². The molecular formula is C14H24O2. The fourth-order valence-corrected chi connectivity index (χ4v) is 2.40. The van der Waals surface area contributed by atoms with E-state index in [1.807, 2.05) is 0 Å². The van der Waals surface area contributed by atoms with Crippen molar-refractivity contribution in [2.75, 3.05) is 7.11 Å². The number of carbonyl (C=O) groups excluding carboxylic acids is 1. The first kappa shape index (κ1) is 13.3. The van der Waals surface area contributed by atoms with Crippen LogP contribution in [0.4, 0.5) is 0 Å². The summed E-state index contributed by atoms with van der Waals surface area (Å²) in [5.74, 6) is 0.403. The van der Waals surface area contributed by atoms with E-state index < -0.39 is 0 Å². The van der Waals surface area contributed by atoms with Gasteiger partial charge in [-0.05, 0) is 31.6 Å². The first-order valence-corrected chi connectivity index (χ1v) is 6.53. The summed E-state index contributed by atoms with van der Waals surface area (Å²) in [5, 5.41) is 0. The fourth-order valence-electron chi connectivity index (χ4n) is 2.40. The summed E-state index contributed by atoms with van der Waals surface area (Å²) < 4.78 is 4.74. The van der Waals surface area contributed by atoms with Gasteiger partial charge >= 0.3 is 5.97 Å². The van der Waals surface area contributed by atoms with Crippen molar-refractivity contribution in [1.82, 2.24) is 0 Å². The first-order valence-electron chi connectivity index (χ1n) is 6.53. The number of allylic oxidation sites excluding steroid dienone is 2. The van der Waals surface area contributed by atoms with Crippen LogP contribution >= 0.6 is 0 Å². The van der Waals surface area contributed by atoms with Crippen LogP contribution in [0.2, 0.25) is 0 Å². The van der Waals surface area contributed by atoms with Crippen LogP contribution in [-0.2, 0) is 9.53 Å². The minimum atomic E-state index is -0.0636. The number of unbranched alkanes of at least 4 members (excludes halogenated alkanes) is 3. The van der Waals surface area contributed by atoms with E-state index >= 15 is 0 Å². The molecule has 2 heteroatoms. The van der Waals surface area contributed by atoms with Crippen molar-refractivity contribution in [1.29, 1.82) is 0 Å². The molecule has 0 aliphatic heterocycles. The molecule has 92 valence electrons. The maximum atomic E-state index is 11.2. The zero-order valence-electron chi connectivity index (χ0n) is 10.6. The second kappa shape index (κ2) is 7.48. The highest BCUT2D eigenvalue weighted by atomic mass is 16.5. The second-order valence-corrected chi connectivity index (χ2v) is 4.64. The van der Waals surface area contributed by atoms with Gasteiger partial charge in [0.15, 0.2) is 0 Å². The fraction of sp³-hybridized carbons (Fsp3) is 0.786. The van der Waals surface area contributed by atoms with Crippen LogP contribution in [-0.4, -0.2) is 13.1 Å². The standard InChI is InChI=1S/C14H24O2/c1-3-4-5-6-8-12-9-7-10-13(12)11-14(15)16-2/h9,13H,3-8,10-11H2,1-2H3/t13-/m1/s1. The number of methoxy groups -OCH3 is 1. The maximum absolute atomic E-state index is 11.2. The van der Waals surface area contributed by atoms with Crippen LogP contribution in [0.1, 0.15) is 58.3 Å². The molecule has 0 heterocycles. The molecular weight excluding hydrogens is 200 g/mol. The number of hydrogen-bond donors (Lipinski definition) is 0. The molecule has 1 aliphatic rings. The quantitative estimate of drug-likeness (QED) is 0.373. The molecule has 0 saturated heterocycles. The predicted octanol–water partition coefficient (Wildman–Crippen LogP) is 3.86. The van der Waals surface area contributed by atoms with E-state index in [4.69, 9.17) is 4.74 Å². The Bertz CT molecular complexity index is 243. The normalized spacial score (nSPS) is 19.6. The van der Waals surface area contributed by atoms with E-state index in [2.05, 4.69) is 13.0 Å². The van der Waals surface area contributed by atoms with Gasteiger partial charge in [-0.2, -0.15) is 0 Å². The largest absolute Gasteiger partial charge is 0.469 e. The van der Waals surface area contributed by atoms with Gasteiger partial charge in [-0.3, -0.25) is 4.79 Å². The minimum Gasteiger partial charge on any atom is -0.469 e. The van der Waals surface area contributed by atoms with Gasteiger partial charge < -0.3 is 4.74 Å². The maximum Gasteiger partial charge on any atom is 0.306 e. The summed E-state index contributed by atoms with van der Waals surface area (Å²) in [6, 6.07) is 0. The lowest BCUT2D eigenvalue weighted by molar-refractivity contribution is -0.141. The number of carbonyl (C=O) groups is 1. The van der Waals surface area contributed by atoms with Gasteiger partial charge in [-0.15, -0.1) is 0 Å². The molecule has 0 radical (unpaired) electrons. The van der Waals surface area contributed by atoms with Crippen molar-refractivity contribution < 1.29 is 9.53 Å². The van der Waals surface area contributed by atoms with Gasteiger partial charge in [0.05, 0.1) is 13.5 Å². The van der Waals surface area contributed by atoms with Crippen LogP contribution in [0, 0.1) is 5.92 Å². The summed E-state index contributed by atoms with van der Waals surface area (Å²) in [4.78, 5) is 11.2. The van der Waals surface area contributed by atoms with Crippen molar-refractivity contribution in [3.8, 4) is 0 Å². The third-order valence-electron chi connectivity index (χ3n) is 3.41. The molecule has 16 heavy (non-hydrogen) atoms. The van der Waals surface area contributed by atoms with Crippen molar-refractivity contribution in [3.05, 3.63) is 11.6 Å². The molecule has 0 saturated carbocycles. The molecule has 0 N–H and O–H groups in total. The van der Waals surface area contributed by atoms with E-state index in [1.165, 1.54) is 44.8 Å². The lowest BCUT2D eigenvalue weighted by Gasteiger charge is -2.13. The molecule has 0 fully saturated rings. The molecule has 2 nitrogen and oxygen atoms in total. The zero-order valence-corrected chi connectivity index (χ0v) is 10.6. The molecule has 0 unspecified atom stereocenters. The van der Waals surface area contributed by atoms with E-state index in [1.54, 1.807) is 0 Å². The van der Waals surface area contributed by atoms with Gasteiger partial charge in [0, 0.05) is 0 Å². The molecule has 0 aromatic heterocycles. The number of esters is 1. The highest BCUT2D eigenvalue weighted by Crippen LogP contribution is 2.32. The summed E-state index contributed by atoms with van der Waals surface area (Å²) in [6.45, 7) is 2.23. The SMILES string of the molecule is CCCCCCC1=CCC[C@@H]1CC(=O)OC. The van der Waals surface area contributed by atoms with Gasteiger partial charge in [0.1, 0.15) is 0 Å². The van der Waals surface area contributed by atoms with E-state index in [0.29, 0.717) is 12.3 Å². The van der Waals surface area contributed by atoms with E-state index in [9.17, 15) is 4.79 Å². The molecule has 1 atom stereocenters. The van der Waals surface area contributed by atoms with Crippen molar-refractivity contribution in [2.24, 2.45) is 5.92 Å². The van der Waals surface area contributed by atoms with Crippen molar-refractivity contribution >= 4 is 5.97 Å². The second-order valence-electron chi connectivity index (χ2n) is 4.64. The molecule has 0 aromatic carbocycles.